The van der Waals surface area contributed by atoms with Crippen molar-refractivity contribution >= 4 is 34.2 Å². The van der Waals surface area contributed by atoms with E-state index in [-0.39, 0.29) is 16.3 Å². The van der Waals surface area contributed by atoms with E-state index in [1.54, 1.807) is 0 Å². The summed E-state index contributed by atoms with van der Waals surface area (Å²) in [6, 6.07) is 15.6. The molecule has 0 N–H and O–H groups in total. The Bertz CT molecular complexity index is 1620. The first-order chi connectivity index (χ1) is 17.1. The van der Waals surface area contributed by atoms with E-state index >= 15 is 0 Å². The van der Waals surface area contributed by atoms with E-state index in [2.05, 4.69) is 5.10 Å². The number of benzene rings is 3. The van der Waals surface area contributed by atoms with Gasteiger partial charge in [-0.25, -0.2) is 22.0 Å². The fourth-order valence-corrected chi connectivity index (χ4v) is 4.48. The molecule has 4 aromatic rings. The Balaban J connectivity index is 1.60. The van der Waals surface area contributed by atoms with Crippen LogP contribution < -0.4 is 5.01 Å². The smallest absolute Gasteiger partial charge is 0.280 e. The van der Waals surface area contributed by atoms with Crippen LogP contribution in [0.4, 0.5) is 27.6 Å². The highest BCUT2D eigenvalue weighted by molar-refractivity contribution is 6.32. The van der Waals surface area contributed by atoms with Gasteiger partial charge in [-0.2, -0.15) is 10.1 Å². The van der Waals surface area contributed by atoms with E-state index in [1.165, 1.54) is 13.0 Å². The molecule has 1 aliphatic rings. The van der Waals surface area contributed by atoms with Crippen LogP contribution in [0, 0.1) is 42.9 Å². The fraction of sp³-hybridized carbons (Fsp3) is 0.111. The van der Waals surface area contributed by atoms with E-state index in [4.69, 9.17) is 0 Å². The van der Waals surface area contributed by atoms with Crippen LogP contribution in [-0.2, 0) is 4.79 Å². The standard InChI is InChI=1S/C27H18F5N3O/c1-13-11-17(15(3)34(13)20-10-6-8-16-7-4-5-9-18(16)20)12-19-14(2)33-35(27(19)36)26-24(31)22(29)21(28)23(30)25(26)32/h4-12H,1-3H3/b19-12+. The van der Waals surface area contributed by atoms with E-state index in [0.29, 0.717) is 5.56 Å². The summed E-state index contributed by atoms with van der Waals surface area (Å²) in [5.74, 6) is -11.9. The number of rotatable bonds is 3. The predicted molar refractivity (Wildman–Crippen MR) is 128 cm³/mol. The van der Waals surface area contributed by atoms with Gasteiger partial charge in [0.1, 0.15) is 5.69 Å². The summed E-state index contributed by atoms with van der Waals surface area (Å²) >= 11 is 0. The molecule has 1 amide bonds. The molecule has 5 rings (SSSR count). The van der Waals surface area contributed by atoms with Crippen LogP contribution in [-0.4, -0.2) is 16.2 Å². The number of carbonyl (C=O) groups is 1. The van der Waals surface area contributed by atoms with E-state index in [1.807, 2.05) is 66.9 Å². The predicted octanol–water partition coefficient (Wildman–Crippen LogP) is 6.75. The van der Waals surface area contributed by atoms with Gasteiger partial charge in [-0.3, -0.25) is 4.79 Å². The first-order valence-electron chi connectivity index (χ1n) is 10.9. The highest BCUT2D eigenvalue weighted by Gasteiger charge is 2.37. The van der Waals surface area contributed by atoms with Crippen LogP contribution in [0.3, 0.4) is 0 Å². The molecule has 0 spiro atoms. The summed E-state index contributed by atoms with van der Waals surface area (Å²) < 4.78 is 71.6. The Morgan fingerprint density at radius 3 is 2.11 bits per heavy atom. The number of aromatic nitrogens is 1. The Labute approximate surface area is 202 Å². The van der Waals surface area contributed by atoms with Crippen molar-refractivity contribution in [3.63, 3.8) is 0 Å². The summed E-state index contributed by atoms with van der Waals surface area (Å²) in [5.41, 5.74) is 1.84. The van der Waals surface area contributed by atoms with E-state index < -0.39 is 40.7 Å². The minimum atomic E-state index is -2.31. The van der Waals surface area contributed by atoms with Crippen LogP contribution >= 0.6 is 0 Å². The van der Waals surface area contributed by atoms with Crippen LogP contribution in [0.15, 0.2) is 59.2 Å². The third kappa shape index (κ3) is 3.42. The summed E-state index contributed by atoms with van der Waals surface area (Å²) in [6.07, 6.45) is 1.50. The summed E-state index contributed by atoms with van der Waals surface area (Å²) in [6.45, 7) is 5.17. The van der Waals surface area contributed by atoms with Crippen molar-refractivity contribution in [2.24, 2.45) is 5.10 Å². The number of aryl methyl sites for hydroxylation is 1. The molecule has 0 unspecified atom stereocenters. The molecule has 0 radical (unpaired) electrons. The van der Waals surface area contributed by atoms with Gasteiger partial charge in [0.25, 0.3) is 5.91 Å². The van der Waals surface area contributed by atoms with Gasteiger partial charge in [-0.05, 0) is 49.9 Å². The number of hydrogen-bond acceptors (Lipinski definition) is 2. The number of halogens is 5. The largest absolute Gasteiger partial charge is 0.317 e. The van der Waals surface area contributed by atoms with Crippen molar-refractivity contribution in [3.8, 4) is 5.69 Å². The lowest BCUT2D eigenvalue weighted by atomic mass is 10.1. The molecule has 0 saturated carbocycles. The van der Waals surface area contributed by atoms with Crippen LogP contribution in [0.5, 0.6) is 0 Å². The van der Waals surface area contributed by atoms with Crippen LogP contribution in [0.25, 0.3) is 22.5 Å². The van der Waals surface area contributed by atoms with Gasteiger partial charge in [-0.1, -0.05) is 36.4 Å². The molecule has 0 atom stereocenters. The minimum absolute atomic E-state index is 0.0305. The zero-order valence-corrected chi connectivity index (χ0v) is 19.3. The molecule has 0 fully saturated rings. The molecule has 36 heavy (non-hydrogen) atoms. The van der Waals surface area contributed by atoms with Gasteiger partial charge >= 0.3 is 0 Å². The highest BCUT2D eigenvalue weighted by Crippen LogP contribution is 2.35. The van der Waals surface area contributed by atoms with Crippen molar-refractivity contribution in [2.75, 3.05) is 5.01 Å². The SMILES string of the molecule is CC1=NN(c2c(F)c(F)c(F)c(F)c2F)C(=O)/C1=C/c1cc(C)n(-c2cccc3ccccc23)c1C. The lowest BCUT2D eigenvalue weighted by Gasteiger charge is -2.15. The topological polar surface area (TPSA) is 37.6 Å². The number of carbonyl (C=O) groups excluding carboxylic acids is 1. The molecule has 0 saturated heterocycles. The Morgan fingerprint density at radius 1 is 0.806 bits per heavy atom. The van der Waals surface area contributed by atoms with E-state index in [0.717, 1.165) is 27.8 Å². The van der Waals surface area contributed by atoms with Crippen molar-refractivity contribution in [2.45, 2.75) is 20.8 Å². The first-order valence-corrected chi connectivity index (χ1v) is 10.9. The second-order valence-electron chi connectivity index (χ2n) is 8.44. The second kappa shape index (κ2) is 8.44. The van der Waals surface area contributed by atoms with Crippen molar-refractivity contribution in [1.82, 2.24) is 4.57 Å². The zero-order valence-electron chi connectivity index (χ0n) is 19.3. The molecule has 1 aliphatic heterocycles. The zero-order chi connectivity index (χ0) is 25.9. The third-order valence-corrected chi connectivity index (χ3v) is 6.24. The fourth-order valence-electron chi connectivity index (χ4n) is 4.48. The van der Waals surface area contributed by atoms with Crippen molar-refractivity contribution in [1.29, 1.82) is 0 Å². The number of hydrogen-bond donors (Lipinski definition) is 0. The van der Waals surface area contributed by atoms with Gasteiger partial charge in [0, 0.05) is 16.8 Å². The van der Waals surface area contributed by atoms with Gasteiger partial charge < -0.3 is 4.57 Å². The average molecular weight is 495 g/mol. The molecule has 182 valence electrons. The third-order valence-electron chi connectivity index (χ3n) is 6.24. The molecule has 2 heterocycles. The molecular formula is C27H18F5N3O. The normalized spacial score (nSPS) is 14.9. The number of hydrazone groups is 1. The molecule has 4 nitrogen and oxygen atoms in total. The Hall–Kier alpha value is -4.27. The average Bonchev–Trinajstić information content (AvgIpc) is 3.30. The first kappa shape index (κ1) is 23.5. The summed E-state index contributed by atoms with van der Waals surface area (Å²) in [5, 5.41) is 6.08. The van der Waals surface area contributed by atoms with Gasteiger partial charge in [0.05, 0.1) is 17.0 Å². The molecule has 9 heteroatoms. The number of anilines is 1. The maximum atomic E-state index is 14.3. The Morgan fingerprint density at radius 2 is 1.42 bits per heavy atom. The minimum Gasteiger partial charge on any atom is -0.317 e. The lowest BCUT2D eigenvalue weighted by molar-refractivity contribution is -0.114. The summed E-state index contributed by atoms with van der Waals surface area (Å²) in [7, 11) is 0. The molecule has 0 aliphatic carbocycles. The molecule has 1 aromatic heterocycles. The van der Waals surface area contributed by atoms with Gasteiger partial charge in [0.15, 0.2) is 23.3 Å². The van der Waals surface area contributed by atoms with Crippen molar-refractivity contribution in [3.05, 3.63) is 100 Å². The van der Waals surface area contributed by atoms with E-state index in [9.17, 15) is 26.7 Å². The molecule has 3 aromatic carbocycles. The molecule has 0 bridgehead atoms. The number of fused-ring (bicyclic) bond motifs is 1. The second-order valence-corrected chi connectivity index (χ2v) is 8.44. The van der Waals surface area contributed by atoms with Crippen LogP contribution in [0.1, 0.15) is 23.9 Å². The lowest BCUT2D eigenvalue weighted by Crippen LogP contribution is -2.25. The van der Waals surface area contributed by atoms with Crippen molar-refractivity contribution < 1.29 is 26.7 Å². The van der Waals surface area contributed by atoms with Gasteiger partial charge in [0.2, 0.25) is 5.82 Å². The monoisotopic (exact) mass is 495 g/mol. The maximum absolute atomic E-state index is 14.3. The quantitative estimate of drug-likeness (QED) is 0.134. The molecular weight excluding hydrogens is 477 g/mol. The Kier molecular flexibility index (Phi) is 5.50. The highest BCUT2D eigenvalue weighted by atomic mass is 19.2. The summed E-state index contributed by atoms with van der Waals surface area (Å²) in [4.78, 5) is 13.0. The van der Waals surface area contributed by atoms with Gasteiger partial charge in [-0.15, -0.1) is 0 Å². The van der Waals surface area contributed by atoms with Crippen LogP contribution in [0.2, 0.25) is 0 Å². The maximum Gasteiger partial charge on any atom is 0.280 e. The number of nitrogens with zero attached hydrogens (tertiary/aromatic N) is 3. The number of amides is 1.